The minimum absolute atomic E-state index is 0.234. The molecular formula is C21H28O5. The van der Waals surface area contributed by atoms with Gasteiger partial charge in [0.15, 0.2) is 11.4 Å². The van der Waals surface area contributed by atoms with Crippen LogP contribution >= 0.6 is 0 Å². The molecule has 2 rings (SSSR count). The molecular weight excluding hydrogens is 332 g/mol. The van der Waals surface area contributed by atoms with Crippen molar-refractivity contribution in [1.82, 2.24) is 0 Å². The first kappa shape index (κ1) is 20.2. The van der Waals surface area contributed by atoms with Gasteiger partial charge < -0.3 is 14.6 Å². The Kier molecular flexibility index (Phi) is 6.24. The predicted molar refractivity (Wildman–Crippen MR) is 99.1 cm³/mol. The van der Waals surface area contributed by atoms with Crippen LogP contribution in [0.1, 0.15) is 41.0 Å². The summed E-state index contributed by atoms with van der Waals surface area (Å²) in [6, 6.07) is 0. The predicted octanol–water partition coefficient (Wildman–Crippen LogP) is 3.26. The van der Waals surface area contributed by atoms with Crippen molar-refractivity contribution in [2.24, 2.45) is 11.8 Å². The number of carbonyl (C=O) groups excluding carboxylic acids is 2. The lowest BCUT2D eigenvalue weighted by Crippen LogP contribution is -2.56. The summed E-state index contributed by atoms with van der Waals surface area (Å²) in [6.45, 7) is 9.21. The monoisotopic (exact) mass is 360 g/mol. The number of carbonyl (C=O) groups is 2. The van der Waals surface area contributed by atoms with Crippen molar-refractivity contribution in [1.29, 1.82) is 0 Å². The minimum Gasteiger partial charge on any atom is -0.493 e. The topological polar surface area (TPSA) is 72.8 Å². The Balaban J connectivity index is 2.25. The molecule has 0 unspecified atom stereocenters. The van der Waals surface area contributed by atoms with E-state index in [2.05, 4.69) is 19.9 Å². The molecule has 1 aliphatic heterocycles. The highest BCUT2D eigenvalue weighted by atomic mass is 16.6. The van der Waals surface area contributed by atoms with Crippen LogP contribution in [0.15, 0.2) is 47.3 Å². The molecule has 0 fully saturated rings. The third-order valence-electron chi connectivity index (χ3n) is 4.88. The van der Waals surface area contributed by atoms with Crippen molar-refractivity contribution in [2.45, 2.75) is 52.7 Å². The Hall–Kier alpha value is -2.14. The third kappa shape index (κ3) is 4.52. The molecule has 1 aliphatic carbocycles. The van der Waals surface area contributed by atoms with Crippen LogP contribution < -0.4 is 0 Å². The summed E-state index contributed by atoms with van der Waals surface area (Å²) in [5, 5.41) is 10.5. The number of aliphatic hydroxyl groups is 1. The average Bonchev–Trinajstić information content (AvgIpc) is 2.57. The Morgan fingerprint density at radius 2 is 2.15 bits per heavy atom. The van der Waals surface area contributed by atoms with Gasteiger partial charge in [0.05, 0.1) is 12.5 Å². The maximum Gasteiger partial charge on any atom is 0.303 e. The van der Waals surface area contributed by atoms with Gasteiger partial charge in [0.2, 0.25) is 0 Å². The van der Waals surface area contributed by atoms with E-state index < -0.39 is 23.5 Å². The lowest BCUT2D eigenvalue weighted by atomic mass is 9.75. The molecule has 142 valence electrons. The normalized spacial score (nSPS) is 30.2. The van der Waals surface area contributed by atoms with Gasteiger partial charge in [-0.2, -0.15) is 0 Å². The van der Waals surface area contributed by atoms with Gasteiger partial charge in [-0.05, 0) is 43.6 Å². The number of esters is 1. The van der Waals surface area contributed by atoms with Crippen molar-refractivity contribution in [3.63, 3.8) is 0 Å². The molecule has 5 heteroatoms. The van der Waals surface area contributed by atoms with Crippen LogP contribution in [0.4, 0.5) is 0 Å². The van der Waals surface area contributed by atoms with E-state index >= 15 is 0 Å². The summed E-state index contributed by atoms with van der Waals surface area (Å²) >= 11 is 0. The second-order valence-electron chi connectivity index (χ2n) is 7.28. The highest BCUT2D eigenvalue weighted by Gasteiger charge is 2.50. The standard InChI is InChI=1S/C21H28O5/c1-6-13(2)9-14(3)7-8-17-10-16-11-19(23)21(5,24)20(26-15(4)22)18(16)12-25-17/h7-11,13,18,20,24H,6,12H2,1-5H3/b8-7+,14-9+/t13-,18-,20+,21-/m0/s1. The van der Waals surface area contributed by atoms with Crippen LogP contribution in [0.3, 0.4) is 0 Å². The van der Waals surface area contributed by atoms with Crippen molar-refractivity contribution < 1.29 is 24.2 Å². The van der Waals surface area contributed by atoms with E-state index in [1.165, 1.54) is 19.9 Å². The van der Waals surface area contributed by atoms with Gasteiger partial charge in [-0.25, -0.2) is 0 Å². The molecule has 0 amide bonds. The van der Waals surface area contributed by atoms with Crippen molar-refractivity contribution in [3.05, 3.63) is 47.3 Å². The van der Waals surface area contributed by atoms with E-state index in [9.17, 15) is 14.7 Å². The molecule has 0 aromatic rings. The smallest absolute Gasteiger partial charge is 0.303 e. The number of allylic oxidation sites excluding steroid dienone is 5. The molecule has 0 radical (unpaired) electrons. The first-order valence-corrected chi connectivity index (χ1v) is 9.01. The highest BCUT2D eigenvalue weighted by Crippen LogP contribution is 2.37. The third-order valence-corrected chi connectivity index (χ3v) is 4.88. The number of rotatable bonds is 5. The van der Waals surface area contributed by atoms with E-state index in [0.29, 0.717) is 17.3 Å². The van der Waals surface area contributed by atoms with E-state index in [-0.39, 0.29) is 12.5 Å². The largest absolute Gasteiger partial charge is 0.493 e. The van der Waals surface area contributed by atoms with Crippen LogP contribution in [0.5, 0.6) is 0 Å². The van der Waals surface area contributed by atoms with Crippen LogP contribution in [-0.2, 0) is 19.1 Å². The molecule has 5 nitrogen and oxygen atoms in total. The fraction of sp³-hybridized carbons (Fsp3) is 0.524. The lowest BCUT2D eigenvalue weighted by molar-refractivity contribution is -0.174. The Labute approximate surface area is 155 Å². The first-order valence-electron chi connectivity index (χ1n) is 9.01. The quantitative estimate of drug-likeness (QED) is 0.602. The Morgan fingerprint density at radius 3 is 2.77 bits per heavy atom. The van der Waals surface area contributed by atoms with E-state index in [4.69, 9.17) is 9.47 Å². The number of fused-ring (bicyclic) bond motifs is 1. The fourth-order valence-electron chi connectivity index (χ4n) is 3.14. The summed E-state index contributed by atoms with van der Waals surface area (Å²) in [5.41, 5.74) is 0.0997. The molecule has 1 heterocycles. The maximum absolute atomic E-state index is 12.3. The zero-order valence-corrected chi connectivity index (χ0v) is 16.1. The van der Waals surface area contributed by atoms with Crippen molar-refractivity contribution >= 4 is 11.8 Å². The second kappa shape index (κ2) is 8.04. The van der Waals surface area contributed by atoms with Gasteiger partial charge in [0.25, 0.3) is 0 Å². The summed E-state index contributed by atoms with van der Waals surface area (Å²) < 4.78 is 11.0. The molecule has 4 atom stereocenters. The van der Waals surface area contributed by atoms with E-state index in [0.717, 1.165) is 12.0 Å². The second-order valence-corrected chi connectivity index (χ2v) is 7.28. The lowest BCUT2D eigenvalue weighted by Gasteiger charge is -2.41. The molecule has 0 bridgehead atoms. The number of ketones is 1. The summed E-state index contributed by atoms with van der Waals surface area (Å²) in [7, 11) is 0. The number of hydrogen-bond acceptors (Lipinski definition) is 5. The van der Waals surface area contributed by atoms with E-state index in [1.54, 1.807) is 6.08 Å². The molecule has 0 spiro atoms. The SMILES string of the molecule is CC[C@H](C)/C=C(C)/C=C/C1=CC2=CC(=O)[C@](C)(O)[C@H](OC(C)=O)[C@H]2CO1. The highest BCUT2D eigenvalue weighted by molar-refractivity contribution is 5.99. The van der Waals surface area contributed by atoms with Crippen LogP contribution in [0, 0.1) is 11.8 Å². The molecule has 0 saturated heterocycles. The van der Waals surface area contributed by atoms with Crippen LogP contribution in [0.25, 0.3) is 0 Å². The van der Waals surface area contributed by atoms with Gasteiger partial charge in [0, 0.05) is 6.92 Å². The van der Waals surface area contributed by atoms with Gasteiger partial charge in [-0.3, -0.25) is 9.59 Å². The number of ether oxygens (including phenoxy) is 2. The average molecular weight is 360 g/mol. The molecule has 0 aromatic heterocycles. The molecule has 2 aliphatic rings. The Morgan fingerprint density at radius 1 is 1.46 bits per heavy atom. The van der Waals surface area contributed by atoms with Crippen molar-refractivity contribution in [3.8, 4) is 0 Å². The zero-order valence-electron chi connectivity index (χ0n) is 16.1. The summed E-state index contributed by atoms with van der Waals surface area (Å²) in [5.74, 6) is -0.231. The van der Waals surface area contributed by atoms with Crippen LogP contribution in [0.2, 0.25) is 0 Å². The molecule has 1 N–H and O–H groups in total. The van der Waals surface area contributed by atoms with Gasteiger partial charge in [-0.1, -0.05) is 38.0 Å². The minimum atomic E-state index is -1.75. The Bertz CT molecular complexity index is 693. The zero-order chi connectivity index (χ0) is 19.5. The molecule has 0 saturated carbocycles. The summed E-state index contributed by atoms with van der Waals surface area (Å²) in [4.78, 5) is 23.7. The summed E-state index contributed by atoms with van der Waals surface area (Å²) in [6.07, 6.45) is 9.35. The van der Waals surface area contributed by atoms with Crippen molar-refractivity contribution in [2.75, 3.05) is 6.61 Å². The van der Waals surface area contributed by atoms with Gasteiger partial charge >= 0.3 is 5.97 Å². The molecule has 0 aromatic carbocycles. The van der Waals surface area contributed by atoms with Gasteiger partial charge in [-0.15, -0.1) is 0 Å². The van der Waals surface area contributed by atoms with Crippen LogP contribution in [-0.4, -0.2) is 35.2 Å². The number of hydrogen-bond donors (Lipinski definition) is 1. The maximum atomic E-state index is 12.3. The van der Waals surface area contributed by atoms with E-state index in [1.807, 2.05) is 19.1 Å². The van der Waals surface area contributed by atoms with Gasteiger partial charge in [0.1, 0.15) is 11.9 Å². The fourth-order valence-corrected chi connectivity index (χ4v) is 3.14. The molecule has 26 heavy (non-hydrogen) atoms. The first-order chi connectivity index (χ1) is 12.1.